The van der Waals surface area contributed by atoms with Gasteiger partial charge < -0.3 is 0 Å². The SMILES string of the molecule is C=C(CC(S)=C(S)C#N)C(F)(F)F. The van der Waals surface area contributed by atoms with Gasteiger partial charge in [-0.1, -0.05) is 6.58 Å². The average Bonchev–Trinajstić information content (AvgIpc) is 2.01. The summed E-state index contributed by atoms with van der Waals surface area (Å²) < 4.78 is 35.7. The summed E-state index contributed by atoms with van der Waals surface area (Å²) in [7, 11) is 0. The molecule has 0 spiro atoms. The third-order valence-corrected chi connectivity index (χ3v) is 2.09. The molecule has 0 saturated carbocycles. The number of halogens is 3. The maximum atomic E-state index is 11.9. The van der Waals surface area contributed by atoms with Crippen LogP contribution < -0.4 is 0 Å². The number of allylic oxidation sites excluding steroid dienone is 3. The van der Waals surface area contributed by atoms with E-state index in [0.717, 1.165) is 0 Å². The van der Waals surface area contributed by atoms with Crippen molar-refractivity contribution in [1.29, 1.82) is 5.26 Å². The van der Waals surface area contributed by atoms with Crippen LogP contribution in [0.25, 0.3) is 0 Å². The van der Waals surface area contributed by atoms with Gasteiger partial charge in [-0.05, 0) is 0 Å². The average molecular weight is 225 g/mol. The van der Waals surface area contributed by atoms with Crippen LogP contribution in [0.2, 0.25) is 0 Å². The third-order valence-electron chi connectivity index (χ3n) is 1.16. The lowest BCUT2D eigenvalue weighted by Crippen LogP contribution is -2.10. The van der Waals surface area contributed by atoms with Gasteiger partial charge in [0.25, 0.3) is 0 Å². The van der Waals surface area contributed by atoms with Gasteiger partial charge in [0.05, 0.1) is 4.91 Å². The minimum absolute atomic E-state index is 0.0341. The standard InChI is InChI=1S/C7H6F3NS2/c1-4(7(8,9)10)2-5(12)6(13)3-11/h12-13H,1-2H2. The van der Waals surface area contributed by atoms with E-state index in [2.05, 4.69) is 31.8 Å². The van der Waals surface area contributed by atoms with Crippen LogP contribution in [0.5, 0.6) is 0 Å². The van der Waals surface area contributed by atoms with E-state index in [4.69, 9.17) is 5.26 Å². The zero-order valence-corrected chi connectivity index (χ0v) is 8.18. The van der Waals surface area contributed by atoms with Gasteiger partial charge in [0.15, 0.2) is 0 Å². The Labute approximate surface area is 84.7 Å². The molecule has 0 saturated heterocycles. The maximum absolute atomic E-state index is 11.9. The number of alkyl halides is 3. The lowest BCUT2D eigenvalue weighted by atomic mass is 10.2. The van der Waals surface area contributed by atoms with E-state index in [-0.39, 0.29) is 9.81 Å². The highest BCUT2D eigenvalue weighted by Gasteiger charge is 2.31. The van der Waals surface area contributed by atoms with Crippen LogP contribution in [0, 0.1) is 11.3 Å². The van der Waals surface area contributed by atoms with Crippen molar-refractivity contribution < 1.29 is 13.2 Å². The summed E-state index contributed by atoms with van der Waals surface area (Å²) in [6, 6.07) is 1.58. The molecule has 0 aliphatic carbocycles. The van der Waals surface area contributed by atoms with E-state index in [1.54, 1.807) is 6.07 Å². The number of thiol groups is 2. The molecule has 0 heterocycles. The number of hydrogen-bond acceptors (Lipinski definition) is 3. The number of nitrogens with zero attached hydrogens (tertiary/aromatic N) is 1. The van der Waals surface area contributed by atoms with Crippen LogP contribution in [0.4, 0.5) is 13.2 Å². The number of hydrogen-bond donors (Lipinski definition) is 2. The van der Waals surface area contributed by atoms with Crippen LogP contribution >= 0.6 is 25.3 Å². The first kappa shape index (κ1) is 12.5. The van der Waals surface area contributed by atoms with Gasteiger partial charge in [0.2, 0.25) is 0 Å². The second-order valence-electron chi connectivity index (χ2n) is 2.19. The predicted octanol–water partition coefficient (Wildman–Crippen LogP) is 3.09. The molecule has 0 radical (unpaired) electrons. The lowest BCUT2D eigenvalue weighted by molar-refractivity contribution is -0.0925. The van der Waals surface area contributed by atoms with Crippen molar-refractivity contribution in [2.45, 2.75) is 12.6 Å². The summed E-state index contributed by atoms with van der Waals surface area (Å²) >= 11 is 7.33. The summed E-state index contributed by atoms with van der Waals surface area (Å²) in [5.41, 5.74) is -0.945. The van der Waals surface area contributed by atoms with Crippen LogP contribution in [0.3, 0.4) is 0 Å². The normalized spacial score (nSPS) is 13.2. The molecule has 0 N–H and O–H groups in total. The molecule has 0 amide bonds. The van der Waals surface area contributed by atoms with Gasteiger partial charge in [-0.15, -0.1) is 25.3 Å². The Morgan fingerprint density at radius 1 is 1.38 bits per heavy atom. The van der Waals surface area contributed by atoms with E-state index in [0.29, 0.717) is 0 Å². The van der Waals surface area contributed by atoms with Crippen LogP contribution in [-0.2, 0) is 0 Å². The molecule has 0 aromatic carbocycles. The highest BCUT2D eigenvalue weighted by atomic mass is 32.1. The molecule has 0 aliphatic heterocycles. The summed E-state index contributed by atoms with van der Waals surface area (Å²) in [6.45, 7) is 2.83. The Morgan fingerprint density at radius 3 is 2.15 bits per heavy atom. The van der Waals surface area contributed by atoms with Gasteiger partial charge in [-0.25, -0.2) is 0 Å². The summed E-state index contributed by atoms with van der Waals surface area (Å²) in [5, 5.41) is 8.28. The van der Waals surface area contributed by atoms with Gasteiger partial charge >= 0.3 is 6.18 Å². The Kier molecular flexibility index (Phi) is 4.44. The highest BCUT2D eigenvalue weighted by molar-refractivity contribution is 7.88. The Bertz CT molecular complexity index is 285. The molecule has 0 rings (SSSR count). The molecule has 72 valence electrons. The molecule has 1 nitrogen and oxygen atoms in total. The predicted molar refractivity (Wildman–Crippen MR) is 50.4 cm³/mol. The van der Waals surface area contributed by atoms with Gasteiger partial charge in [0, 0.05) is 16.9 Å². The summed E-state index contributed by atoms with van der Waals surface area (Å²) in [4.78, 5) is -0.165. The molecule has 0 aromatic rings. The molecular formula is C7H6F3NS2. The summed E-state index contributed by atoms with van der Waals surface area (Å²) in [6.07, 6.45) is -4.95. The second kappa shape index (κ2) is 4.63. The summed E-state index contributed by atoms with van der Waals surface area (Å²) in [5.74, 6) is 0. The molecule has 0 unspecified atom stereocenters. The van der Waals surface area contributed by atoms with Crippen molar-refractivity contribution in [1.82, 2.24) is 0 Å². The second-order valence-corrected chi connectivity index (χ2v) is 3.17. The lowest BCUT2D eigenvalue weighted by Gasteiger charge is -2.09. The maximum Gasteiger partial charge on any atom is 0.412 e. The van der Waals surface area contributed by atoms with Gasteiger partial charge in [-0.3, -0.25) is 0 Å². The Balaban J connectivity index is 4.51. The first-order valence-corrected chi connectivity index (χ1v) is 3.94. The van der Waals surface area contributed by atoms with E-state index >= 15 is 0 Å². The fourth-order valence-corrected chi connectivity index (χ4v) is 0.771. The molecule has 0 aliphatic rings. The third kappa shape index (κ3) is 4.29. The van der Waals surface area contributed by atoms with Crippen molar-refractivity contribution in [3.63, 3.8) is 0 Å². The van der Waals surface area contributed by atoms with Crippen molar-refractivity contribution in [3.05, 3.63) is 22.0 Å². The first-order chi connectivity index (χ1) is 5.79. The van der Waals surface area contributed by atoms with Crippen LogP contribution in [-0.4, -0.2) is 6.18 Å². The molecule has 0 fully saturated rings. The van der Waals surface area contributed by atoms with Crippen molar-refractivity contribution >= 4 is 25.3 Å². The van der Waals surface area contributed by atoms with E-state index in [1.807, 2.05) is 0 Å². The van der Waals surface area contributed by atoms with Crippen LogP contribution in [0.1, 0.15) is 6.42 Å². The Hall–Kier alpha value is -0.540. The highest BCUT2D eigenvalue weighted by Crippen LogP contribution is 2.31. The van der Waals surface area contributed by atoms with E-state index in [9.17, 15) is 13.2 Å². The zero-order valence-electron chi connectivity index (χ0n) is 6.39. The Morgan fingerprint density at radius 2 is 1.85 bits per heavy atom. The van der Waals surface area contributed by atoms with Gasteiger partial charge in [0.1, 0.15) is 6.07 Å². The molecule has 13 heavy (non-hydrogen) atoms. The largest absolute Gasteiger partial charge is 0.412 e. The van der Waals surface area contributed by atoms with Crippen molar-refractivity contribution in [3.8, 4) is 6.07 Å². The van der Waals surface area contributed by atoms with Crippen molar-refractivity contribution in [2.75, 3.05) is 0 Å². The fraction of sp³-hybridized carbons (Fsp3) is 0.286. The quantitative estimate of drug-likeness (QED) is 0.421. The molecule has 6 heteroatoms. The minimum atomic E-state index is -4.45. The van der Waals surface area contributed by atoms with E-state index < -0.39 is 18.2 Å². The van der Waals surface area contributed by atoms with E-state index in [1.165, 1.54) is 0 Å². The number of nitriles is 1. The molecule has 0 atom stereocenters. The topological polar surface area (TPSA) is 23.8 Å². The van der Waals surface area contributed by atoms with Crippen molar-refractivity contribution in [2.24, 2.45) is 0 Å². The molecule has 0 aromatic heterocycles. The minimum Gasteiger partial charge on any atom is -0.192 e. The van der Waals surface area contributed by atoms with Crippen LogP contribution in [0.15, 0.2) is 22.0 Å². The monoisotopic (exact) mass is 225 g/mol. The first-order valence-electron chi connectivity index (χ1n) is 3.05. The fourth-order valence-electron chi connectivity index (χ4n) is 0.451. The number of rotatable bonds is 2. The van der Waals surface area contributed by atoms with Gasteiger partial charge in [-0.2, -0.15) is 18.4 Å². The zero-order chi connectivity index (χ0) is 10.6. The molecular weight excluding hydrogens is 219 g/mol. The molecule has 0 bridgehead atoms. The smallest absolute Gasteiger partial charge is 0.192 e.